The largest absolute Gasteiger partial charge is 0.497 e. The number of hydrogen-bond acceptors (Lipinski definition) is 5. The molecule has 2 aromatic rings. The minimum atomic E-state index is -3.67. The topological polar surface area (TPSA) is 65.1 Å². The number of methoxy groups -OCH3 is 2. The summed E-state index contributed by atoms with van der Waals surface area (Å²) in [6.45, 7) is 0.844. The molecule has 0 saturated carbocycles. The Morgan fingerprint density at radius 2 is 1.85 bits per heavy atom. The number of nitrogens with zero attached hydrogens (tertiary/aromatic N) is 1. The van der Waals surface area contributed by atoms with Crippen molar-refractivity contribution in [1.82, 2.24) is 4.31 Å². The van der Waals surface area contributed by atoms with E-state index >= 15 is 0 Å². The first-order chi connectivity index (χ1) is 12.5. The molecule has 6 nitrogen and oxygen atoms in total. The third-order valence-corrected chi connectivity index (χ3v) is 6.43. The lowest BCUT2D eigenvalue weighted by molar-refractivity contribution is -0.00257. The molecule has 2 aromatic carbocycles. The van der Waals surface area contributed by atoms with E-state index in [1.807, 2.05) is 24.3 Å². The molecule has 0 spiro atoms. The molecular weight excluding hydrogens is 378 g/mol. The van der Waals surface area contributed by atoms with Crippen LogP contribution in [0.3, 0.4) is 0 Å². The third kappa shape index (κ3) is 3.81. The van der Waals surface area contributed by atoms with Crippen LogP contribution in [0.4, 0.5) is 0 Å². The average molecular weight is 398 g/mol. The average Bonchev–Trinajstić information content (AvgIpc) is 2.68. The van der Waals surface area contributed by atoms with Crippen LogP contribution in [0.1, 0.15) is 11.7 Å². The fraction of sp³-hybridized carbons (Fsp3) is 0.333. The maximum Gasteiger partial charge on any atom is 0.243 e. The van der Waals surface area contributed by atoms with E-state index in [4.69, 9.17) is 25.8 Å². The Balaban J connectivity index is 1.82. The molecule has 0 radical (unpaired) electrons. The van der Waals surface area contributed by atoms with Gasteiger partial charge in [-0.05, 0) is 35.9 Å². The number of rotatable bonds is 5. The van der Waals surface area contributed by atoms with E-state index in [1.165, 1.54) is 23.5 Å². The van der Waals surface area contributed by atoms with Gasteiger partial charge in [0.25, 0.3) is 0 Å². The second kappa shape index (κ2) is 7.84. The molecule has 1 aliphatic heterocycles. The van der Waals surface area contributed by atoms with Gasteiger partial charge >= 0.3 is 0 Å². The molecule has 1 heterocycles. The van der Waals surface area contributed by atoms with Crippen LogP contribution in [0.25, 0.3) is 0 Å². The van der Waals surface area contributed by atoms with Gasteiger partial charge in [0.15, 0.2) is 0 Å². The summed E-state index contributed by atoms with van der Waals surface area (Å²) >= 11 is 6.08. The summed E-state index contributed by atoms with van der Waals surface area (Å²) in [4.78, 5) is 0.138. The first-order valence-electron chi connectivity index (χ1n) is 8.05. The number of sulfonamides is 1. The van der Waals surface area contributed by atoms with Crippen LogP contribution in [-0.2, 0) is 14.8 Å². The molecule has 1 unspecified atom stereocenters. The first-order valence-corrected chi connectivity index (χ1v) is 9.86. The van der Waals surface area contributed by atoms with E-state index < -0.39 is 10.0 Å². The first kappa shape index (κ1) is 19.0. The van der Waals surface area contributed by atoms with Gasteiger partial charge in [-0.15, -0.1) is 0 Å². The van der Waals surface area contributed by atoms with Crippen LogP contribution in [0.5, 0.6) is 11.5 Å². The highest BCUT2D eigenvalue weighted by Gasteiger charge is 2.32. The molecular formula is C18H20ClNO5S. The van der Waals surface area contributed by atoms with E-state index in [1.54, 1.807) is 13.2 Å². The minimum Gasteiger partial charge on any atom is -0.497 e. The van der Waals surface area contributed by atoms with E-state index in [-0.39, 0.29) is 22.6 Å². The normalized spacial score (nSPS) is 18.5. The number of ether oxygens (including phenoxy) is 3. The summed E-state index contributed by atoms with van der Waals surface area (Å²) in [6, 6.07) is 11.9. The molecule has 1 saturated heterocycles. The maximum atomic E-state index is 13.0. The molecule has 140 valence electrons. The number of morpholine rings is 1. The molecule has 3 rings (SSSR count). The lowest BCUT2D eigenvalue weighted by Crippen LogP contribution is -2.42. The Labute approximate surface area is 158 Å². The summed E-state index contributed by atoms with van der Waals surface area (Å²) in [5, 5.41) is 0.258. The Hall–Kier alpha value is -1.80. The van der Waals surface area contributed by atoms with Crippen molar-refractivity contribution in [3.8, 4) is 11.5 Å². The molecule has 8 heteroatoms. The fourth-order valence-corrected chi connectivity index (χ4v) is 4.59. The van der Waals surface area contributed by atoms with Crippen LogP contribution < -0.4 is 9.47 Å². The number of halogens is 1. The molecule has 26 heavy (non-hydrogen) atoms. The molecule has 0 bridgehead atoms. The molecule has 1 aliphatic rings. The highest BCUT2D eigenvalue weighted by atomic mass is 35.5. The fourth-order valence-electron chi connectivity index (χ4n) is 2.82. The molecule has 0 amide bonds. The lowest BCUT2D eigenvalue weighted by atomic mass is 10.1. The van der Waals surface area contributed by atoms with E-state index in [9.17, 15) is 8.42 Å². The van der Waals surface area contributed by atoms with Gasteiger partial charge in [-0.2, -0.15) is 4.31 Å². The summed E-state index contributed by atoms with van der Waals surface area (Å²) in [7, 11) is -0.594. The third-order valence-electron chi connectivity index (χ3n) is 4.28. The minimum absolute atomic E-state index is 0.138. The van der Waals surface area contributed by atoms with Gasteiger partial charge in [0, 0.05) is 13.1 Å². The van der Waals surface area contributed by atoms with E-state index in [2.05, 4.69) is 0 Å². The predicted molar refractivity (Wildman–Crippen MR) is 98.4 cm³/mol. The van der Waals surface area contributed by atoms with Crippen LogP contribution in [0, 0.1) is 0 Å². The van der Waals surface area contributed by atoms with Crippen LogP contribution in [-0.4, -0.2) is 46.6 Å². The van der Waals surface area contributed by atoms with Crippen molar-refractivity contribution in [3.05, 3.63) is 53.1 Å². The van der Waals surface area contributed by atoms with Crippen molar-refractivity contribution in [1.29, 1.82) is 0 Å². The zero-order valence-electron chi connectivity index (χ0n) is 14.5. The van der Waals surface area contributed by atoms with Crippen molar-refractivity contribution >= 4 is 21.6 Å². The number of benzene rings is 2. The van der Waals surface area contributed by atoms with E-state index in [0.29, 0.717) is 18.9 Å². The van der Waals surface area contributed by atoms with Crippen molar-refractivity contribution in [2.24, 2.45) is 0 Å². The highest BCUT2D eigenvalue weighted by Crippen LogP contribution is 2.31. The van der Waals surface area contributed by atoms with Gasteiger partial charge in [-0.1, -0.05) is 23.7 Å². The maximum absolute atomic E-state index is 13.0. The zero-order valence-corrected chi connectivity index (χ0v) is 16.1. The Kier molecular flexibility index (Phi) is 5.72. The zero-order chi connectivity index (χ0) is 18.7. The molecule has 1 fully saturated rings. The van der Waals surface area contributed by atoms with Crippen molar-refractivity contribution < 1.29 is 22.6 Å². The summed E-state index contributed by atoms with van der Waals surface area (Å²) in [5.41, 5.74) is 0.901. The standard InChI is InChI=1S/C18H20ClNO5S/c1-23-14-5-3-13(4-6-14)18-12-20(9-10-25-18)26(21,22)15-7-8-17(24-2)16(19)11-15/h3-8,11,18H,9-10,12H2,1-2H3. The highest BCUT2D eigenvalue weighted by molar-refractivity contribution is 7.89. The van der Waals surface area contributed by atoms with Crippen LogP contribution >= 0.6 is 11.6 Å². The van der Waals surface area contributed by atoms with Crippen LogP contribution in [0.15, 0.2) is 47.4 Å². The molecule has 0 N–H and O–H groups in total. The van der Waals surface area contributed by atoms with Gasteiger partial charge in [0.1, 0.15) is 11.5 Å². The smallest absolute Gasteiger partial charge is 0.243 e. The summed E-state index contributed by atoms with van der Waals surface area (Å²) in [5.74, 6) is 1.17. The van der Waals surface area contributed by atoms with Gasteiger partial charge in [0.2, 0.25) is 10.0 Å². The SMILES string of the molecule is COc1ccc(C2CN(S(=O)(=O)c3ccc(OC)c(Cl)c3)CCO2)cc1. The summed E-state index contributed by atoms with van der Waals surface area (Å²) in [6.07, 6.45) is -0.335. The Bertz CT molecular complexity index is 870. The van der Waals surface area contributed by atoms with Gasteiger partial charge in [0.05, 0.1) is 36.8 Å². The van der Waals surface area contributed by atoms with Gasteiger partial charge in [-0.25, -0.2) is 8.42 Å². The second-order valence-corrected chi connectivity index (χ2v) is 8.14. The van der Waals surface area contributed by atoms with E-state index in [0.717, 1.165) is 11.3 Å². The molecule has 0 aromatic heterocycles. The molecule has 0 aliphatic carbocycles. The Morgan fingerprint density at radius 1 is 1.12 bits per heavy atom. The van der Waals surface area contributed by atoms with Gasteiger partial charge < -0.3 is 14.2 Å². The van der Waals surface area contributed by atoms with Gasteiger partial charge in [-0.3, -0.25) is 0 Å². The van der Waals surface area contributed by atoms with Crippen molar-refractivity contribution in [2.75, 3.05) is 33.9 Å². The Morgan fingerprint density at radius 3 is 2.46 bits per heavy atom. The monoisotopic (exact) mass is 397 g/mol. The van der Waals surface area contributed by atoms with Crippen LogP contribution in [0.2, 0.25) is 5.02 Å². The molecule has 1 atom stereocenters. The second-order valence-electron chi connectivity index (χ2n) is 5.79. The van der Waals surface area contributed by atoms with Crippen molar-refractivity contribution in [2.45, 2.75) is 11.0 Å². The summed E-state index contributed by atoms with van der Waals surface area (Å²) < 4.78 is 43.4. The lowest BCUT2D eigenvalue weighted by Gasteiger charge is -2.32. The quantitative estimate of drug-likeness (QED) is 0.775. The number of hydrogen-bond donors (Lipinski definition) is 0. The van der Waals surface area contributed by atoms with Crippen molar-refractivity contribution in [3.63, 3.8) is 0 Å². The predicted octanol–water partition coefficient (Wildman–Crippen LogP) is 3.12.